The van der Waals surface area contributed by atoms with Gasteiger partial charge >= 0.3 is 12.1 Å². The molecular weight excluding hydrogens is 246 g/mol. The summed E-state index contributed by atoms with van der Waals surface area (Å²) in [7, 11) is 0. The second kappa shape index (κ2) is 7.53. The lowest BCUT2D eigenvalue weighted by atomic mass is 10.0. The molecule has 19 heavy (non-hydrogen) atoms. The Kier molecular flexibility index (Phi) is 6.02. The summed E-state index contributed by atoms with van der Waals surface area (Å²) in [6.45, 7) is 3.79. The fraction of sp³-hybridized carbons (Fsp3) is 0.429. The molecule has 0 spiro atoms. The van der Waals surface area contributed by atoms with Crippen molar-refractivity contribution >= 4 is 12.1 Å². The van der Waals surface area contributed by atoms with E-state index in [1.165, 1.54) is 0 Å². The molecule has 1 aromatic carbocycles. The van der Waals surface area contributed by atoms with Crippen LogP contribution in [-0.2, 0) is 20.9 Å². The van der Waals surface area contributed by atoms with E-state index >= 15 is 0 Å². The molecule has 0 fully saturated rings. The smallest absolute Gasteiger partial charge is 0.429 e. The molecule has 0 unspecified atom stereocenters. The minimum Gasteiger partial charge on any atom is -0.429 e. The molecule has 0 aliphatic heterocycles. The van der Waals surface area contributed by atoms with Gasteiger partial charge in [0.1, 0.15) is 12.6 Å². The van der Waals surface area contributed by atoms with Crippen LogP contribution in [0.5, 0.6) is 0 Å². The van der Waals surface area contributed by atoms with Crippen molar-refractivity contribution in [2.45, 2.75) is 32.9 Å². The van der Waals surface area contributed by atoms with Gasteiger partial charge in [0.25, 0.3) is 0 Å². The molecule has 5 nitrogen and oxygen atoms in total. The second-order valence-corrected chi connectivity index (χ2v) is 4.36. The van der Waals surface area contributed by atoms with Crippen molar-refractivity contribution in [1.82, 2.24) is 0 Å². The number of hydrogen-bond acceptors (Lipinski definition) is 5. The number of benzene rings is 1. The fourth-order valence-corrected chi connectivity index (χ4v) is 1.38. The number of rotatable bonds is 5. The highest BCUT2D eigenvalue weighted by molar-refractivity contribution is 5.85. The van der Waals surface area contributed by atoms with Gasteiger partial charge in [-0.1, -0.05) is 50.6 Å². The first-order valence-electron chi connectivity index (χ1n) is 6.22. The van der Waals surface area contributed by atoms with E-state index in [1.54, 1.807) is 12.1 Å². The Morgan fingerprint density at radius 1 is 1.26 bits per heavy atom. The lowest BCUT2D eigenvalue weighted by molar-refractivity contribution is -0.142. The van der Waals surface area contributed by atoms with Gasteiger partial charge in [-0.25, -0.2) is 9.59 Å². The second-order valence-electron chi connectivity index (χ2n) is 4.36. The maximum Gasteiger partial charge on any atom is 0.516 e. The summed E-state index contributed by atoms with van der Waals surface area (Å²) in [4.78, 5) is 22.8. The van der Waals surface area contributed by atoms with Crippen LogP contribution in [0.2, 0.25) is 0 Å². The number of esters is 1. The summed E-state index contributed by atoms with van der Waals surface area (Å²) in [5.41, 5.74) is 6.46. The first kappa shape index (κ1) is 15.2. The van der Waals surface area contributed by atoms with Crippen LogP contribution in [0, 0.1) is 5.92 Å². The van der Waals surface area contributed by atoms with Crippen LogP contribution in [0.25, 0.3) is 0 Å². The molecular formula is C14H19NO4. The van der Waals surface area contributed by atoms with Crippen LogP contribution in [0.1, 0.15) is 25.8 Å². The van der Waals surface area contributed by atoms with E-state index in [0.29, 0.717) is 0 Å². The van der Waals surface area contributed by atoms with Crippen molar-refractivity contribution < 1.29 is 19.1 Å². The summed E-state index contributed by atoms with van der Waals surface area (Å²) < 4.78 is 9.36. The number of nitrogens with two attached hydrogens (primary N) is 1. The summed E-state index contributed by atoms with van der Waals surface area (Å²) in [5, 5.41) is 0. The van der Waals surface area contributed by atoms with Crippen LogP contribution in [0.4, 0.5) is 4.79 Å². The molecule has 0 saturated heterocycles. The predicted octanol–water partition coefficient (Wildman–Crippen LogP) is 2.24. The Morgan fingerprint density at radius 2 is 1.89 bits per heavy atom. The standard InChI is InChI=1S/C14H19NO4/c1-3-10(2)12(15)13(16)19-14(17)18-9-11-7-5-4-6-8-11/h4-8,10,12H,3,9,15H2,1-2H3/t10-,12-/m0/s1. The normalized spacial score (nSPS) is 13.4. The van der Waals surface area contributed by atoms with Gasteiger partial charge in [-0.3, -0.25) is 0 Å². The van der Waals surface area contributed by atoms with Crippen molar-refractivity contribution in [2.75, 3.05) is 0 Å². The first-order chi connectivity index (χ1) is 9.04. The van der Waals surface area contributed by atoms with Gasteiger partial charge in [0.2, 0.25) is 0 Å². The van der Waals surface area contributed by atoms with Gasteiger partial charge in [0, 0.05) is 0 Å². The molecule has 0 saturated carbocycles. The Morgan fingerprint density at radius 3 is 2.47 bits per heavy atom. The molecule has 2 N–H and O–H groups in total. The largest absolute Gasteiger partial charge is 0.516 e. The first-order valence-corrected chi connectivity index (χ1v) is 6.22. The predicted molar refractivity (Wildman–Crippen MR) is 70.1 cm³/mol. The van der Waals surface area contributed by atoms with Crippen molar-refractivity contribution in [1.29, 1.82) is 0 Å². The highest BCUT2D eigenvalue weighted by Crippen LogP contribution is 2.08. The van der Waals surface area contributed by atoms with Crippen LogP contribution in [-0.4, -0.2) is 18.2 Å². The Balaban J connectivity index is 2.37. The van der Waals surface area contributed by atoms with Crippen molar-refractivity contribution in [3.63, 3.8) is 0 Å². The molecule has 0 amide bonds. The van der Waals surface area contributed by atoms with E-state index in [1.807, 2.05) is 32.0 Å². The van der Waals surface area contributed by atoms with E-state index in [9.17, 15) is 9.59 Å². The van der Waals surface area contributed by atoms with Crippen molar-refractivity contribution in [3.05, 3.63) is 35.9 Å². The summed E-state index contributed by atoms with van der Waals surface area (Å²) in [6.07, 6.45) is -0.289. The van der Waals surface area contributed by atoms with Gasteiger partial charge in [-0.05, 0) is 11.5 Å². The molecule has 0 bridgehead atoms. The number of hydrogen-bond donors (Lipinski definition) is 1. The molecule has 0 aliphatic rings. The zero-order chi connectivity index (χ0) is 14.3. The maximum absolute atomic E-state index is 11.5. The lowest BCUT2D eigenvalue weighted by Gasteiger charge is -2.15. The number of carbonyl (C=O) groups excluding carboxylic acids is 2. The number of carbonyl (C=O) groups is 2. The highest BCUT2D eigenvalue weighted by Gasteiger charge is 2.24. The zero-order valence-electron chi connectivity index (χ0n) is 11.2. The maximum atomic E-state index is 11.5. The molecule has 0 aromatic heterocycles. The molecule has 104 valence electrons. The van der Waals surface area contributed by atoms with E-state index in [0.717, 1.165) is 12.0 Å². The van der Waals surface area contributed by atoms with E-state index in [4.69, 9.17) is 10.5 Å². The summed E-state index contributed by atoms with van der Waals surface area (Å²) in [6, 6.07) is 8.31. The van der Waals surface area contributed by atoms with Gasteiger partial charge in [-0.15, -0.1) is 0 Å². The SMILES string of the molecule is CC[C@H](C)[C@H](N)C(=O)OC(=O)OCc1ccccc1. The molecule has 0 aliphatic carbocycles. The van der Waals surface area contributed by atoms with Gasteiger partial charge in [0.05, 0.1) is 0 Å². The molecule has 0 heterocycles. The van der Waals surface area contributed by atoms with E-state index < -0.39 is 18.2 Å². The Labute approximate surface area is 112 Å². The van der Waals surface area contributed by atoms with Crippen LogP contribution < -0.4 is 5.73 Å². The quantitative estimate of drug-likeness (QED) is 0.652. The Hall–Kier alpha value is -1.88. The molecule has 2 atom stereocenters. The highest BCUT2D eigenvalue weighted by atomic mass is 16.7. The minimum absolute atomic E-state index is 0.0468. The van der Waals surface area contributed by atoms with Gasteiger partial charge < -0.3 is 15.2 Å². The topological polar surface area (TPSA) is 78.6 Å². The van der Waals surface area contributed by atoms with Gasteiger partial charge in [-0.2, -0.15) is 0 Å². The molecule has 1 rings (SSSR count). The minimum atomic E-state index is -1.02. The van der Waals surface area contributed by atoms with Crippen LogP contribution in [0.15, 0.2) is 30.3 Å². The van der Waals surface area contributed by atoms with Gasteiger partial charge in [0.15, 0.2) is 0 Å². The third-order valence-corrected chi connectivity index (χ3v) is 2.91. The summed E-state index contributed by atoms with van der Waals surface area (Å²) in [5.74, 6) is -0.804. The third kappa shape index (κ3) is 5.09. The molecule has 5 heteroatoms. The van der Waals surface area contributed by atoms with Crippen LogP contribution >= 0.6 is 0 Å². The fourth-order valence-electron chi connectivity index (χ4n) is 1.38. The zero-order valence-corrected chi connectivity index (χ0v) is 11.2. The average molecular weight is 265 g/mol. The van der Waals surface area contributed by atoms with Crippen LogP contribution in [0.3, 0.4) is 0 Å². The monoisotopic (exact) mass is 265 g/mol. The van der Waals surface area contributed by atoms with Crippen molar-refractivity contribution in [2.24, 2.45) is 11.7 Å². The van der Waals surface area contributed by atoms with E-state index in [2.05, 4.69) is 4.74 Å². The molecule has 0 radical (unpaired) electrons. The van der Waals surface area contributed by atoms with Crippen molar-refractivity contribution in [3.8, 4) is 0 Å². The Bertz CT molecular complexity index is 419. The summed E-state index contributed by atoms with van der Waals surface area (Å²) >= 11 is 0. The lowest BCUT2D eigenvalue weighted by Crippen LogP contribution is -2.39. The molecule has 1 aromatic rings. The number of ether oxygens (including phenoxy) is 2. The third-order valence-electron chi connectivity index (χ3n) is 2.91. The van der Waals surface area contributed by atoms with E-state index in [-0.39, 0.29) is 12.5 Å². The average Bonchev–Trinajstić information content (AvgIpc) is 2.44.